The normalized spacial score (nSPS) is 10.9. The number of nitrogens with one attached hydrogen (secondary N) is 1. The van der Waals surface area contributed by atoms with E-state index in [9.17, 15) is 9.18 Å². The average molecular weight is 415 g/mol. The van der Waals surface area contributed by atoms with Crippen LogP contribution in [0.2, 0.25) is 0 Å². The molecule has 0 aliphatic heterocycles. The third-order valence-electron chi connectivity index (χ3n) is 4.52. The van der Waals surface area contributed by atoms with Gasteiger partial charge in [-0.15, -0.1) is 11.3 Å². The molecule has 29 heavy (non-hydrogen) atoms. The van der Waals surface area contributed by atoms with Crippen LogP contribution in [0.5, 0.6) is 5.75 Å². The molecular formula is C22H25FN3O2S+. The number of carbonyl (C=O) groups is 1. The van der Waals surface area contributed by atoms with Crippen molar-refractivity contribution in [1.29, 1.82) is 0 Å². The summed E-state index contributed by atoms with van der Waals surface area (Å²) in [5.41, 5.74) is 1.77. The zero-order chi connectivity index (χ0) is 20.8. The first-order chi connectivity index (χ1) is 14.0. The van der Waals surface area contributed by atoms with Crippen LogP contribution in [0, 0.1) is 5.82 Å². The van der Waals surface area contributed by atoms with E-state index in [0.29, 0.717) is 11.7 Å². The van der Waals surface area contributed by atoms with Crippen molar-refractivity contribution >= 4 is 22.4 Å². The maximum absolute atomic E-state index is 14.2. The molecule has 3 aromatic rings. The molecule has 2 aromatic carbocycles. The quantitative estimate of drug-likeness (QED) is 0.616. The van der Waals surface area contributed by atoms with Crippen LogP contribution in [0.3, 0.4) is 0 Å². The Bertz CT molecular complexity index is 957. The monoisotopic (exact) mass is 414 g/mol. The lowest BCUT2D eigenvalue weighted by molar-refractivity contribution is -0.858. The summed E-state index contributed by atoms with van der Waals surface area (Å²) in [7, 11) is 5.75. The Hall–Kier alpha value is -2.77. The molecule has 5 nitrogen and oxygen atoms in total. The first-order valence-corrected chi connectivity index (χ1v) is 10.3. The van der Waals surface area contributed by atoms with Crippen molar-refractivity contribution in [3.05, 3.63) is 65.3 Å². The topological polar surface area (TPSA) is 46.9 Å². The summed E-state index contributed by atoms with van der Waals surface area (Å²) in [6, 6.07) is 13.7. The number of methoxy groups -OCH3 is 1. The molecular weight excluding hydrogens is 389 g/mol. The smallest absolute Gasteiger partial charge is 0.263 e. The van der Waals surface area contributed by atoms with Crippen LogP contribution in [-0.4, -0.2) is 45.2 Å². The van der Waals surface area contributed by atoms with Crippen molar-refractivity contribution in [1.82, 2.24) is 4.98 Å². The van der Waals surface area contributed by atoms with E-state index < -0.39 is 5.82 Å². The Labute approximate surface area is 174 Å². The summed E-state index contributed by atoms with van der Waals surface area (Å²) in [6.45, 7) is 1.38. The van der Waals surface area contributed by atoms with Gasteiger partial charge in [0.25, 0.3) is 5.91 Å². The molecule has 0 saturated carbocycles. The van der Waals surface area contributed by atoms with E-state index in [4.69, 9.17) is 4.74 Å². The number of amides is 1. The minimum atomic E-state index is -0.521. The van der Waals surface area contributed by atoms with Gasteiger partial charge >= 0.3 is 0 Å². The van der Waals surface area contributed by atoms with E-state index in [0.717, 1.165) is 30.0 Å². The molecule has 0 aliphatic rings. The standard InChI is InChI=1S/C22H24FN3O2S/c1-25(2)13-6-14-26(21(27)18-7-4-5-8-19(18)23)22-24-20(15-29-22)16-9-11-17(28-3)12-10-16/h4-5,7-12,15H,6,13-14H2,1-3H3/p+1. The number of carbonyl (C=O) groups excluding carboxylic acids is 1. The highest BCUT2D eigenvalue weighted by Crippen LogP contribution is 2.29. The van der Waals surface area contributed by atoms with E-state index in [1.165, 1.54) is 28.4 Å². The summed E-state index contributed by atoms with van der Waals surface area (Å²) >= 11 is 1.38. The minimum Gasteiger partial charge on any atom is -0.497 e. The Morgan fingerprint density at radius 2 is 1.90 bits per heavy atom. The Balaban J connectivity index is 1.88. The van der Waals surface area contributed by atoms with E-state index in [-0.39, 0.29) is 11.5 Å². The first-order valence-electron chi connectivity index (χ1n) is 9.45. The first kappa shape index (κ1) is 21.0. The van der Waals surface area contributed by atoms with Gasteiger partial charge in [0.1, 0.15) is 11.6 Å². The molecule has 0 fully saturated rings. The molecule has 0 saturated heterocycles. The van der Waals surface area contributed by atoms with Crippen LogP contribution in [0.4, 0.5) is 9.52 Å². The lowest BCUT2D eigenvalue weighted by atomic mass is 10.1. The number of aromatic nitrogens is 1. The Kier molecular flexibility index (Phi) is 6.95. The van der Waals surface area contributed by atoms with Gasteiger partial charge in [0, 0.05) is 23.9 Å². The van der Waals surface area contributed by atoms with Crippen LogP contribution in [-0.2, 0) is 0 Å². The third kappa shape index (κ3) is 5.19. The summed E-state index contributed by atoms with van der Waals surface area (Å²) in [5.74, 6) is -0.119. The number of rotatable bonds is 8. The van der Waals surface area contributed by atoms with Gasteiger partial charge in [-0.25, -0.2) is 9.37 Å². The van der Waals surface area contributed by atoms with Crippen molar-refractivity contribution in [3.63, 3.8) is 0 Å². The maximum Gasteiger partial charge on any atom is 0.263 e. The number of halogens is 1. The van der Waals surface area contributed by atoms with Gasteiger partial charge in [0.15, 0.2) is 5.13 Å². The molecule has 1 N–H and O–H groups in total. The second-order valence-electron chi connectivity index (χ2n) is 6.99. The van der Waals surface area contributed by atoms with Crippen LogP contribution in [0.15, 0.2) is 53.9 Å². The molecule has 1 heterocycles. The number of ether oxygens (including phenoxy) is 1. The highest BCUT2D eigenvalue weighted by Gasteiger charge is 2.23. The van der Waals surface area contributed by atoms with E-state index in [2.05, 4.69) is 19.1 Å². The molecule has 1 amide bonds. The van der Waals surface area contributed by atoms with Gasteiger partial charge in [-0.1, -0.05) is 12.1 Å². The van der Waals surface area contributed by atoms with Crippen molar-refractivity contribution in [2.24, 2.45) is 0 Å². The third-order valence-corrected chi connectivity index (χ3v) is 5.38. The number of hydrogen-bond acceptors (Lipinski definition) is 4. The fraction of sp³-hybridized carbons (Fsp3) is 0.273. The van der Waals surface area contributed by atoms with Gasteiger partial charge in [-0.2, -0.15) is 0 Å². The van der Waals surface area contributed by atoms with Crippen molar-refractivity contribution in [2.45, 2.75) is 6.42 Å². The molecule has 3 rings (SSSR count). The SMILES string of the molecule is COc1ccc(-c2csc(N(CCC[NH+](C)C)C(=O)c3ccccc3F)n2)cc1. The summed E-state index contributed by atoms with van der Waals surface area (Å²) < 4.78 is 19.4. The lowest BCUT2D eigenvalue weighted by Gasteiger charge is -2.20. The predicted molar refractivity (Wildman–Crippen MR) is 114 cm³/mol. The van der Waals surface area contributed by atoms with Crippen LogP contribution < -0.4 is 14.5 Å². The predicted octanol–water partition coefficient (Wildman–Crippen LogP) is 3.14. The second kappa shape index (κ2) is 9.62. The summed E-state index contributed by atoms with van der Waals surface area (Å²) in [6.07, 6.45) is 0.792. The summed E-state index contributed by atoms with van der Waals surface area (Å²) in [4.78, 5) is 20.6. The molecule has 0 bridgehead atoms. The van der Waals surface area contributed by atoms with Gasteiger partial charge in [0.05, 0.1) is 39.0 Å². The lowest BCUT2D eigenvalue weighted by Crippen LogP contribution is -3.05. The molecule has 0 radical (unpaired) electrons. The van der Waals surface area contributed by atoms with Crippen LogP contribution in [0.1, 0.15) is 16.8 Å². The van der Waals surface area contributed by atoms with E-state index in [1.54, 1.807) is 24.1 Å². The Morgan fingerprint density at radius 1 is 1.17 bits per heavy atom. The van der Waals surface area contributed by atoms with Crippen molar-refractivity contribution in [3.8, 4) is 17.0 Å². The zero-order valence-electron chi connectivity index (χ0n) is 16.8. The minimum absolute atomic E-state index is 0.0610. The zero-order valence-corrected chi connectivity index (χ0v) is 17.6. The van der Waals surface area contributed by atoms with Gasteiger partial charge < -0.3 is 9.64 Å². The second-order valence-corrected chi connectivity index (χ2v) is 7.83. The largest absolute Gasteiger partial charge is 0.497 e. The molecule has 152 valence electrons. The number of benzene rings is 2. The molecule has 1 aromatic heterocycles. The molecule has 0 atom stereocenters. The van der Waals surface area contributed by atoms with Crippen molar-refractivity contribution in [2.75, 3.05) is 39.2 Å². The summed E-state index contributed by atoms with van der Waals surface area (Å²) in [5, 5.41) is 2.48. The van der Waals surface area contributed by atoms with Gasteiger partial charge in [-0.3, -0.25) is 9.69 Å². The number of quaternary nitrogens is 1. The number of anilines is 1. The number of thiazole rings is 1. The average Bonchev–Trinajstić information content (AvgIpc) is 3.21. The van der Waals surface area contributed by atoms with E-state index >= 15 is 0 Å². The van der Waals surface area contributed by atoms with Gasteiger partial charge in [-0.05, 0) is 36.4 Å². The van der Waals surface area contributed by atoms with Gasteiger partial charge in [0.2, 0.25) is 0 Å². The van der Waals surface area contributed by atoms with Crippen LogP contribution in [0.25, 0.3) is 11.3 Å². The Morgan fingerprint density at radius 3 is 2.55 bits per heavy atom. The molecule has 0 unspecified atom stereocenters. The van der Waals surface area contributed by atoms with E-state index in [1.807, 2.05) is 29.6 Å². The van der Waals surface area contributed by atoms with Crippen molar-refractivity contribution < 1.29 is 18.8 Å². The molecule has 0 aliphatic carbocycles. The highest BCUT2D eigenvalue weighted by molar-refractivity contribution is 7.14. The number of hydrogen-bond donors (Lipinski definition) is 1. The fourth-order valence-corrected chi connectivity index (χ4v) is 3.80. The highest BCUT2D eigenvalue weighted by atomic mass is 32.1. The molecule has 7 heteroatoms. The number of nitrogens with zero attached hydrogens (tertiary/aromatic N) is 2. The fourth-order valence-electron chi connectivity index (χ4n) is 2.94. The maximum atomic E-state index is 14.2. The molecule has 0 spiro atoms. The van der Waals surface area contributed by atoms with Crippen LogP contribution >= 0.6 is 11.3 Å².